The van der Waals surface area contributed by atoms with Crippen LogP contribution >= 0.6 is 0 Å². The molecular formula is C18H27N3O4. The summed E-state index contributed by atoms with van der Waals surface area (Å²) in [5, 5.41) is 6.76. The molecule has 1 saturated heterocycles. The van der Waals surface area contributed by atoms with Gasteiger partial charge in [0.15, 0.2) is 5.69 Å². The summed E-state index contributed by atoms with van der Waals surface area (Å²) < 4.78 is 10.7. The maximum atomic E-state index is 13.0. The molecule has 0 aromatic carbocycles. The number of fused-ring (bicyclic) bond motifs is 1. The molecule has 1 aliphatic heterocycles. The van der Waals surface area contributed by atoms with Gasteiger partial charge < -0.3 is 19.5 Å². The molecule has 0 bridgehead atoms. The Kier molecular flexibility index (Phi) is 5.60. The Bertz CT molecular complexity index is 626. The van der Waals surface area contributed by atoms with E-state index >= 15 is 0 Å². The van der Waals surface area contributed by atoms with Gasteiger partial charge in [0.05, 0.1) is 6.04 Å². The van der Waals surface area contributed by atoms with Crippen molar-refractivity contribution in [3.63, 3.8) is 0 Å². The molecule has 1 aromatic heterocycles. The molecule has 7 heteroatoms. The topological polar surface area (TPSA) is 84.7 Å². The van der Waals surface area contributed by atoms with E-state index in [1.807, 2.05) is 13.8 Å². The molecule has 1 aliphatic carbocycles. The average Bonchev–Trinajstić information content (AvgIpc) is 3.03. The van der Waals surface area contributed by atoms with Gasteiger partial charge in [-0.15, -0.1) is 0 Å². The summed E-state index contributed by atoms with van der Waals surface area (Å²) in [6.07, 6.45) is 6.24. The van der Waals surface area contributed by atoms with Gasteiger partial charge in [0.1, 0.15) is 12.4 Å². The number of alkyl carbamates (subject to hydrolysis) is 1. The molecular weight excluding hydrogens is 322 g/mol. The lowest BCUT2D eigenvalue weighted by atomic mass is 9.95. The zero-order valence-corrected chi connectivity index (χ0v) is 15.0. The number of amides is 2. The third kappa shape index (κ3) is 4.14. The number of nitrogens with one attached hydrogen (secondary N) is 1. The third-order valence-corrected chi connectivity index (χ3v) is 4.85. The van der Waals surface area contributed by atoms with Gasteiger partial charge in [-0.3, -0.25) is 4.79 Å². The Morgan fingerprint density at radius 3 is 2.88 bits per heavy atom. The van der Waals surface area contributed by atoms with Crippen molar-refractivity contribution in [2.24, 2.45) is 0 Å². The Morgan fingerprint density at radius 1 is 1.28 bits per heavy atom. The molecule has 1 fully saturated rings. The largest absolute Gasteiger partial charge is 0.447 e. The summed E-state index contributed by atoms with van der Waals surface area (Å²) in [5.41, 5.74) is 1.42. The highest BCUT2D eigenvalue weighted by Gasteiger charge is 2.33. The SMILES string of the molecule is CC(C)NC(=O)OCC1CCCCN1C(=O)c1noc2c1CCCC2. The van der Waals surface area contributed by atoms with E-state index < -0.39 is 6.09 Å². The molecule has 0 radical (unpaired) electrons. The smallest absolute Gasteiger partial charge is 0.407 e. The Hall–Kier alpha value is -2.05. The minimum absolute atomic E-state index is 0.0262. The van der Waals surface area contributed by atoms with Crippen molar-refractivity contribution >= 4 is 12.0 Å². The van der Waals surface area contributed by atoms with E-state index in [0.29, 0.717) is 12.2 Å². The highest BCUT2D eigenvalue weighted by Crippen LogP contribution is 2.27. The molecule has 3 rings (SSSR count). The van der Waals surface area contributed by atoms with Gasteiger partial charge >= 0.3 is 6.09 Å². The van der Waals surface area contributed by atoms with Crippen LogP contribution in [-0.2, 0) is 17.6 Å². The van der Waals surface area contributed by atoms with Crippen molar-refractivity contribution in [2.75, 3.05) is 13.2 Å². The number of nitrogens with zero attached hydrogens (tertiary/aromatic N) is 2. The summed E-state index contributed by atoms with van der Waals surface area (Å²) in [5.74, 6) is 0.764. The minimum atomic E-state index is -0.438. The predicted molar refractivity (Wildman–Crippen MR) is 91.4 cm³/mol. The lowest BCUT2D eigenvalue weighted by Crippen LogP contribution is -2.47. The van der Waals surface area contributed by atoms with Crippen LogP contribution in [0.2, 0.25) is 0 Å². The lowest BCUT2D eigenvalue weighted by Gasteiger charge is -2.35. The molecule has 7 nitrogen and oxygen atoms in total. The van der Waals surface area contributed by atoms with Gasteiger partial charge in [0.25, 0.3) is 5.91 Å². The first kappa shape index (κ1) is 17.8. The lowest BCUT2D eigenvalue weighted by molar-refractivity contribution is 0.0436. The van der Waals surface area contributed by atoms with Crippen LogP contribution in [0, 0.1) is 0 Å². The second kappa shape index (κ2) is 7.89. The number of rotatable bonds is 4. The molecule has 2 heterocycles. The van der Waals surface area contributed by atoms with E-state index in [-0.39, 0.29) is 24.6 Å². The third-order valence-electron chi connectivity index (χ3n) is 4.85. The number of hydrogen-bond donors (Lipinski definition) is 1. The summed E-state index contributed by atoms with van der Waals surface area (Å²) in [4.78, 5) is 26.5. The van der Waals surface area contributed by atoms with Crippen molar-refractivity contribution in [1.29, 1.82) is 0 Å². The van der Waals surface area contributed by atoms with E-state index in [4.69, 9.17) is 9.26 Å². The number of carbonyl (C=O) groups excluding carboxylic acids is 2. The maximum absolute atomic E-state index is 13.0. The normalized spacial score (nSPS) is 20.3. The molecule has 2 aliphatic rings. The molecule has 1 N–H and O–H groups in total. The molecule has 1 unspecified atom stereocenters. The molecule has 2 amide bonds. The Balaban J connectivity index is 1.67. The molecule has 0 saturated carbocycles. The molecule has 138 valence electrons. The Labute approximate surface area is 148 Å². The number of piperidine rings is 1. The van der Waals surface area contributed by atoms with Crippen molar-refractivity contribution in [1.82, 2.24) is 15.4 Å². The van der Waals surface area contributed by atoms with Crippen LogP contribution in [0.25, 0.3) is 0 Å². The van der Waals surface area contributed by atoms with E-state index in [1.165, 1.54) is 0 Å². The fourth-order valence-corrected chi connectivity index (χ4v) is 3.58. The van der Waals surface area contributed by atoms with Gasteiger partial charge in [0, 0.05) is 24.6 Å². The quantitative estimate of drug-likeness (QED) is 0.903. The van der Waals surface area contributed by atoms with Crippen molar-refractivity contribution < 1.29 is 18.8 Å². The predicted octanol–water partition coefficient (Wildman–Crippen LogP) is 2.68. The average molecular weight is 349 g/mol. The molecule has 1 aromatic rings. The van der Waals surface area contributed by atoms with E-state index in [2.05, 4.69) is 10.5 Å². The van der Waals surface area contributed by atoms with Crippen LogP contribution in [0.1, 0.15) is 67.8 Å². The second-order valence-corrected chi connectivity index (χ2v) is 7.19. The summed E-state index contributed by atoms with van der Waals surface area (Å²) in [6.45, 7) is 4.64. The van der Waals surface area contributed by atoms with Gasteiger partial charge in [-0.25, -0.2) is 4.79 Å². The van der Waals surface area contributed by atoms with Gasteiger partial charge in [-0.1, -0.05) is 5.16 Å². The zero-order chi connectivity index (χ0) is 17.8. The number of aryl methyl sites for hydroxylation is 1. The van der Waals surface area contributed by atoms with Crippen LogP contribution in [-0.4, -0.2) is 47.3 Å². The molecule has 1 atom stereocenters. The molecule has 25 heavy (non-hydrogen) atoms. The van der Waals surface area contributed by atoms with E-state index in [0.717, 1.165) is 56.3 Å². The number of hydrogen-bond acceptors (Lipinski definition) is 5. The van der Waals surface area contributed by atoms with Gasteiger partial charge in [0.2, 0.25) is 0 Å². The van der Waals surface area contributed by atoms with Crippen LogP contribution in [0.5, 0.6) is 0 Å². The first-order chi connectivity index (χ1) is 12.1. The first-order valence-electron chi connectivity index (χ1n) is 9.28. The van der Waals surface area contributed by atoms with Crippen molar-refractivity contribution in [3.8, 4) is 0 Å². The van der Waals surface area contributed by atoms with Gasteiger partial charge in [-0.05, 0) is 52.4 Å². The number of likely N-dealkylation sites (tertiary alicyclic amines) is 1. The minimum Gasteiger partial charge on any atom is -0.447 e. The van der Waals surface area contributed by atoms with Crippen molar-refractivity contribution in [3.05, 3.63) is 17.0 Å². The van der Waals surface area contributed by atoms with Crippen LogP contribution in [0.4, 0.5) is 4.79 Å². The second-order valence-electron chi connectivity index (χ2n) is 7.19. The van der Waals surface area contributed by atoms with E-state index in [1.54, 1.807) is 4.90 Å². The highest BCUT2D eigenvalue weighted by molar-refractivity contribution is 5.94. The zero-order valence-electron chi connectivity index (χ0n) is 15.0. The Morgan fingerprint density at radius 2 is 2.08 bits per heavy atom. The number of aromatic nitrogens is 1. The number of carbonyl (C=O) groups is 2. The van der Waals surface area contributed by atoms with Crippen LogP contribution in [0.3, 0.4) is 0 Å². The molecule has 0 spiro atoms. The fraction of sp³-hybridized carbons (Fsp3) is 0.722. The highest BCUT2D eigenvalue weighted by atomic mass is 16.5. The standard InChI is InChI=1S/C18H27N3O4/c1-12(2)19-18(23)24-11-13-7-5-6-10-21(13)17(22)16-14-8-3-4-9-15(14)25-20-16/h12-13H,3-11H2,1-2H3,(H,19,23). The van der Waals surface area contributed by atoms with Gasteiger partial charge in [-0.2, -0.15) is 0 Å². The summed E-state index contributed by atoms with van der Waals surface area (Å²) in [6, 6.07) is -0.0756. The fourth-order valence-electron chi connectivity index (χ4n) is 3.58. The first-order valence-corrected chi connectivity index (χ1v) is 9.28. The van der Waals surface area contributed by atoms with Crippen LogP contribution in [0.15, 0.2) is 4.52 Å². The monoisotopic (exact) mass is 349 g/mol. The maximum Gasteiger partial charge on any atom is 0.407 e. The van der Waals surface area contributed by atoms with E-state index in [9.17, 15) is 9.59 Å². The summed E-state index contributed by atoms with van der Waals surface area (Å²) >= 11 is 0. The van der Waals surface area contributed by atoms with Crippen LogP contribution < -0.4 is 5.32 Å². The summed E-state index contributed by atoms with van der Waals surface area (Å²) in [7, 11) is 0. The number of ether oxygens (including phenoxy) is 1. The van der Waals surface area contributed by atoms with Crippen molar-refractivity contribution in [2.45, 2.75) is 70.9 Å².